The van der Waals surface area contributed by atoms with Gasteiger partial charge in [-0.05, 0) is 48.2 Å². The summed E-state index contributed by atoms with van der Waals surface area (Å²) in [6.07, 6.45) is 9.47. The van der Waals surface area contributed by atoms with Gasteiger partial charge in [-0.2, -0.15) is 0 Å². The first-order valence-electron chi connectivity index (χ1n) is 6.68. The average Bonchev–Trinajstić information content (AvgIpc) is 2.65. The zero-order valence-electron chi connectivity index (χ0n) is 13.6. The van der Waals surface area contributed by atoms with Gasteiger partial charge in [0.2, 0.25) is 0 Å². The molecule has 25 heavy (non-hydrogen) atoms. The van der Waals surface area contributed by atoms with Crippen molar-refractivity contribution in [3.05, 3.63) is 80.4 Å². The van der Waals surface area contributed by atoms with E-state index in [1.54, 1.807) is 0 Å². The second-order valence-corrected chi connectivity index (χ2v) is 5.73. The fourth-order valence-electron chi connectivity index (χ4n) is 1.24. The molecular formula is C14H18Cl2CrN4O4-2. The number of aryl methyl sites for hydroxylation is 2. The Morgan fingerprint density at radius 1 is 0.840 bits per heavy atom. The predicted molar refractivity (Wildman–Crippen MR) is 97.3 cm³/mol. The van der Waals surface area contributed by atoms with Gasteiger partial charge in [0, 0.05) is 24.8 Å². The Hall–Kier alpha value is -1.79. The van der Waals surface area contributed by atoms with Gasteiger partial charge in [0.05, 0.1) is 0 Å². The molecule has 0 bridgehead atoms. The number of halogens is 2. The third-order valence-electron chi connectivity index (χ3n) is 2.32. The van der Waals surface area contributed by atoms with Gasteiger partial charge >= 0.3 is 33.5 Å². The molecule has 0 spiro atoms. The maximum atomic E-state index is 8.00. The molecule has 2 aromatic heterocycles. The number of hydrogen-bond acceptors (Lipinski definition) is 8. The average molecular weight is 429 g/mol. The van der Waals surface area contributed by atoms with Crippen molar-refractivity contribution in [2.45, 2.75) is 26.7 Å². The van der Waals surface area contributed by atoms with Crippen LogP contribution in [-0.2, 0) is 26.2 Å². The number of rotatable bonds is 2. The van der Waals surface area contributed by atoms with Crippen molar-refractivity contribution in [1.82, 2.24) is 9.97 Å². The normalized spacial score (nSPS) is 7.52. The van der Waals surface area contributed by atoms with E-state index in [9.17, 15) is 0 Å². The van der Waals surface area contributed by atoms with Crippen molar-refractivity contribution >= 4 is 20.1 Å². The standard InChI is InChI=1S/2C7H9N.2ClH.Cr.2HNO2/c2*1-2-7-3-5-8-6-4-7;;;;2*2-1-3/h2*3-6H,2H2,1H3;2*1H;;2*(H,2,3)/q;;;;+2;;/p-4. The quantitative estimate of drug-likeness (QED) is 0.478. The summed E-state index contributed by atoms with van der Waals surface area (Å²) in [5, 5.41) is 18.0. The summed E-state index contributed by atoms with van der Waals surface area (Å²) in [5.74, 6) is 0. The van der Waals surface area contributed by atoms with Gasteiger partial charge in [-0.15, -0.1) is 10.7 Å². The summed E-state index contributed by atoms with van der Waals surface area (Å²) in [5.41, 5.74) is 2.69. The van der Waals surface area contributed by atoms with E-state index in [1.807, 2.05) is 49.1 Å². The Kier molecular flexibility index (Phi) is 30.4. The molecule has 0 aromatic carbocycles. The van der Waals surface area contributed by atoms with Crippen LogP contribution in [-0.4, -0.2) is 9.97 Å². The van der Waals surface area contributed by atoms with Crippen LogP contribution >= 0.6 is 20.1 Å². The van der Waals surface area contributed by atoms with Gasteiger partial charge in [-0.3, -0.25) is 9.97 Å². The molecule has 0 aliphatic carbocycles. The van der Waals surface area contributed by atoms with Crippen molar-refractivity contribution in [2.75, 3.05) is 0 Å². The molecule has 0 aliphatic heterocycles. The second kappa shape index (κ2) is 27.1. The van der Waals surface area contributed by atoms with Crippen LogP contribution in [0.4, 0.5) is 0 Å². The SMILES string of the molecule is CCc1ccncc1.CCc1ccncc1.O=N[O-].O=N[O-].[Cl][Cr][Cl]. The fourth-order valence-corrected chi connectivity index (χ4v) is 1.24. The van der Waals surface area contributed by atoms with E-state index in [0.717, 1.165) is 23.5 Å². The first kappa shape index (κ1) is 28.0. The first-order valence-corrected chi connectivity index (χ1v) is 10.2. The van der Waals surface area contributed by atoms with Gasteiger partial charge in [-0.25, -0.2) is 0 Å². The Bertz CT molecular complexity index is 453. The van der Waals surface area contributed by atoms with Crippen LogP contribution in [0, 0.1) is 20.2 Å². The van der Waals surface area contributed by atoms with Crippen LogP contribution in [0.3, 0.4) is 0 Å². The molecule has 0 fully saturated rings. The molecule has 11 heteroatoms. The van der Waals surface area contributed by atoms with Crippen molar-refractivity contribution in [3.63, 3.8) is 0 Å². The van der Waals surface area contributed by atoms with Crippen molar-refractivity contribution in [2.24, 2.45) is 10.7 Å². The van der Waals surface area contributed by atoms with Crippen LogP contribution in [0.25, 0.3) is 0 Å². The van der Waals surface area contributed by atoms with Crippen molar-refractivity contribution in [3.8, 4) is 0 Å². The Morgan fingerprint density at radius 2 is 1.04 bits per heavy atom. The molecular weight excluding hydrogens is 411 g/mol. The molecule has 0 atom stereocenters. The Labute approximate surface area is 161 Å². The van der Waals surface area contributed by atoms with Gasteiger partial charge < -0.3 is 20.2 Å². The van der Waals surface area contributed by atoms with E-state index < -0.39 is 0 Å². The van der Waals surface area contributed by atoms with E-state index >= 15 is 0 Å². The number of pyridine rings is 2. The summed E-state index contributed by atoms with van der Waals surface area (Å²) in [6, 6.07) is 8.11. The van der Waals surface area contributed by atoms with E-state index in [0.29, 0.717) is 0 Å². The van der Waals surface area contributed by atoms with Crippen LogP contribution in [0.15, 0.2) is 59.7 Å². The number of nitrogens with zero attached hydrogens (tertiary/aromatic N) is 4. The molecule has 140 valence electrons. The van der Waals surface area contributed by atoms with E-state index in [4.69, 9.17) is 40.3 Å². The molecule has 0 radical (unpaired) electrons. The molecule has 0 aliphatic rings. The van der Waals surface area contributed by atoms with Crippen molar-refractivity contribution < 1.29 is 13.4 Å². The molecule has 2 heterocycles. The molecule has 0 unspecified atom stereocenters. The molecule has 0 saturated heterocycles. The maximum absolute atomic E-state index is 8.00. The summed E-state index contributed by atoms with van der Waals surface area (Å²) in [6.45, 7) is 4.27. The van der Waals surface area contributed by atoms with Gasteiger partial charge in [-0.1, -0.05) is 13.8 Å². The van der Waals surface area contributed by atoms with Crippen LogP contribution in [0.2, 0.25) is 0 Å². The van der Waals surface area contributed by atoms with Gasteiger partial charge in [0.1, 0.15) is 0 Å². The monoisotopic (exact) mass is 428 g/mol. The molecule has 0 N–H and O–H groups in total. The Balaban J connectivity index is -0.000000267. The van der Waals surface area contributed by atoms with Crippen LogP contribution in [0.1, 0.15) is 25.0 Å². The van der Waals surface area contributed by atoms with Gasteiger partial charge in [0.15, 0.2) is 0 Å². The number of hydrogen-bond donors (Lipinski definition) is 0. The van der Waals surface area contributed by atoms with E-state index in [1.165, 1.54) is 11.1 Å². The molecule has 0 saturated carbocycles. The third kappa shape index (κ3) is 27.4. The van der Waals surface area contributed by atoms with E-state index in [-0.39, 0.29) is 13.4 Å². The second-order valence-electron chi connectivity index (χ2n) is 3.63. The van der Waals surface area contributed by atoms with Crippen LogP contribution < -0.4 is 0 Å². The molecule has 8 nitrogen and oxygen atoms in total. The third-order valence-corrected chi connectivity index (χ3v) is 2.32. The topological polar surface area (TPSA) is 131 Å². The fraction of sp³-hybridized carbons (Fsp3) is 0.286. The molecule has 2 rings (SSSR count). The minimum absolute atomic E-state index is 0.181. The van der Waals surface area contributed by atoms with Gasteiger partial charge in [0.25, 0.3) is 0 Å². The molecule has 2 aromatic rings. The van der Waals surface area contributed by atoms with Crippen LogP contribution in [0.5, 0.6) is 0 Å². The molecule has 0 amide bonds. The summed E-state index contributed by atoms with van der Waals surface area (Å²) < 4.78 is 0. The van der Waals surface area contributed by atoms with E-state index in [2.05, 4.69) is 23.8 Å². The first-order chi connectivity index (χ1) is 12.1. The van der Waals surface area contributed by atoms with Crippen molar-refractivity contribution in [1.29, 1.82) is 0 Å². The summed E-state index contributed by atoms with van der Waals surface area (Å²) in [4.78, 5) is 23.8. The summed E-state index contributed by atoms with van der Waals surface area (Å²) >= 11 is -0.181. The minimum atomic E-state index is -0.181. The summed E-state index contributed by atoms with van der Waals surface area (Å²) in [7, 11) is 9.65. The predicted octanol–water partition coefficient (Wildman–Crippen LogP) is 5.17. The zero-order valence-corrected chi connectivity index (χ0v) is 16.4. The zero-order chi connectivity index (χ0) is 19.8. The number of aromatic nitrogens is 2. The Morgan fingerprint density at radius 3 is 1.16 bits per heavy atom.